The number of rotatable bonds is 3. The van der Waals surface area contributed by atoms with E-state index in [1.807, 2.05) is 6.07 Å². The molecule has 4 rings (SSSR count). The van der Waals surface area contributed by atoms with Gasteiger partial charge in [-0.2, -0.15) is 0 Å². The van der Waals surface area contributed by atoms with Crippen molar-refractivity contribution < 1.29 is 9.53 Å². The molecule has 1 fully saturated rings. The zero-order chi connectivity index (χ0) is 19.7. The Labute approximate surface area is 172 Å². The highest BCUT2D eigenvalue weighted by Crippen LogP contribution is 2.35. The number of morpholine rings is 1. The number of carbonyl (C=O) groups is 1. The second-order valence-corrected chi connectivity index (χ2v) is 7.29. The van der Waals surface area contributed by atoms with Crippen molar-refractivity contribution in [3.63, 3.8) is 0 Å². The average Bonchev–Trinajstić information content (AvgIpc) is 2.71. The number of nitrogens with one attached hydrogen (secondary N) is 1. The molecule has 1 aliphatic heterocycles. The molecule has 144 valence electrons. The molecular formula is C20H18Cl2N4O2. The van der Waals surface area contributed by atoms with Crippen LogP contribution in [0, 0.1) is 0 Å². The van der Waals surface area contributed by atoms with Crippen LogP contribution < -0.4 is 10.2 Å². The normalized spacial score (nSPS) is 14.3. The number of aromatic nitrogens is 2. The molecule has 1 aromatic carbocycles. The molecule has 0 radical (unpaired) electrons. The van der Waals surface area contributed by atoms with E-state index in [-0.39, 0.29) is 5.91 Å². The van der Waals surface area contributed by atoms with Crippen LogP contribution in [-0.2, 0) is 4.74 Å². The molecular weight excluding hydrogens is 399 g/mol. The van der Waals surface area contributed by atoms with E-state index in [1.54, 1.807) is 37.6 Å². The molecule has 0 aliphatic carbocycles. The number of benzene rings is 1. The van der Waals surface area contributed by atoms with Crippen molar-refractivity contribution in [2.24, 2.45) is 0 Å². The van der Waals surface area contributed by atoms with E-state index < -0.39 is 0 Å². The molecule has 28 heavy (non-hydrogen) atoms. The van der Waals surface area contributed by atoms with Crippen LogP contribution in [0.2, 0.25) is 10.0 Å². The Morgan fingerprint density at radius 2 is 1.86 bits per heavy atom. The summed E-state index contributed by atoms with van der Waals surface area (Å²) in [5.41, 5.74) is 3.49. The Morgan fingerprint density at radius 3 is 2.54 bits per heavy atom. The predicted octanol–water partition coefficient (Wildman–Crippen LogP) is 3.80. The number of hydrogen-bond donors (Lipinski definition) is 1. The smallest absolute Gasteiger partial charge is 0.254 e. The molecule has 0 saturated carbocycles. The van der Waals surface area contributed by atoms with Gasteiger partial charge in [-0.25, -0.2) is 0 Å². The SMILES string of the molecule is CNC(=O)c1cnc2c(-c3cc(Cl)cc(Cl)c3)nccc2c1N1CCOCC1. The minimum absolute atomic E-state index is 0.181. The summed E-state index contributed by atoms with van der Waals surface area (Å²) >= 11 is 12.4. The van der Waals surface area contributed by atoms with Gasteiger partial charge in [0, 0.05) is 53.5 Å². The molecule has 3 heterocycles. The number of nitrogens with zero attached hydrogens (tertiary/aromatic N) is 3. The van der Waals surface area contributed by atoms with Gasteiger partial charge >= 0.3 is 0 Å². The fourth-order valence-corrected chi connectivity index (χ4v) is 3.97. The Bertz CT molecular complexity index is 1030. The summed E-state index contributed by atoms with van der Waals surface area (Å²) < 4.78 is 5.48. The standard InChI is InChI=1S/C20H18Cl2N4O2/c1-23-20(27)16-11-25-18-15(19(16)26-4-6-28-7-5-26)2-3-24-17(18)12-8-13(21)10-14(22)9-12/h2-3,8-11H,4-7H2,1H3,(H,23,27). The fraction of sp³-hybridized carbons (Fsp3) is 0.250. The van der Waals surface area contributed by atoms with Gasteiger partial charge in [-0.05, 0) is 24.3 Å². The number of hydrogen-bond acceptors (Lipinski definition) is 5. The number of ether oxygens (including phenoxy) is 1. The molecule has 0 unspecified atom stereocenters. The molecule has 1 amide bonds. The number of halogens is 2. The number of pyridine rings is 2. The maximum atomic E-state index is 12.5. The van der Waals surface area contributed by atoms with Crippen molar-refractivity contribution in [3.05, 3.63) is 52.3 Å². The van der Waals surface area contributed by atoms with Gasteiger partial charge in [-0.3, -0.25) is 14.8 Å². The van der Waals surface area contributed by atoms with Crippen molar-refractivity contribution in [3.8, 4) is 11.3 Å². The van der Waals surface area contributed by atoms with Crippen molar-refractivity contribution >= 4 is 45.7 Å². The van der Waals surface area contributed by atoms with Gasteiger partial charge in [0.15, 0.2) is 0 Å². The maximum Gasteiger partial charge on any atom is 0.254 e. The zero-order valence-corrected chi connectivity index (χ0v) is 16.7. The van der Waals surface area contributed by atoms with Crippen molar-refractivity contribution in [2.45, 2.75) is 0 Å². The summed E-state index contributed by atoms with van der Waals surface area (Å²) in [6, 6.07) is 7.17. The third-order valence-electron chi connectivity index (χ3n) is 4.69. The minimum atomic E-state index is -0.181. The van der Waals surface area contributed by atoms with E-state index in [9.17, 15) is 4.79 Å². The van der Waals surface area contributed by atoms with Gasteiger partial charge in [0.2, 0.25) is 0 Å². The minimum Gasteiger partial charge on any atom is -0.378 e. The highest BCUT2D eigenvalue weighted by molar-refractivity contribution is 6.35. The van der Waals surface area contributed by atoms with Crippen molar-refractivity contribution in [1.29, 1.82) is 0 Å². The molecule has 1 saturated heterocycles. The van der Waals surface area contributed by atoms with E-state index in [0.29, 0.717) is 53.1 Å². The summed E-state index contributed by atoms with van der Waals surface area (Å²) in [4.78, 5) is 23.8. The van der Waals surface area contributed by atoms with Crippen LogP contribution in [0.4, 0.5) is 5.69 Å². The number of anilines is 1. The summed E-state index contributed by atoms with van der Waals surface area (Å²) in [5, 5.41) is 4.60. The molecule has 2 aromatic heterocycles. The van der Waals surface area contributed by atoms with E-state index in [1.165, 1.54) is 0 Å². The van der Waals surface area contributed by atoms with Crippen LogP contribution in [0.1, 0.15) is 10.4 Å². The lowest BCUT2D eigenvalue weighted by Crippen LogP contribution is -2.38. The van der Waals surface area contributed by atoms with Crippen molar-refractivity contribution in [2.75, 3.05) is 38.3 Å². The summed E-state index contributed by atoms with van der Waals surface area (Å²) in [7, 11) is 1.61. The second-order valence-electron chi connectivity index (χ2n) is 6.41. The molecule has 6 nitrogen and oxygen atoms in total. The van der Waals surface area contributed by atoms with Crippen LogP contribution in [-0.4, -0.2) is 49.2 Å². The van der Waals surface area contributed by atoms with Gasteiger partial charge in [0.25, 0.3) is 5.91 Å². The first kappa shape index (κ1) is 18.9. The zero-order valence-electron chi connectivity index (χ0n) is 15.2. The van der Waals surface area contributed by atoms with Crippen LogP contribution >= 0.6 is 23.2 Å². The first-order valence-electron chi connectivity index (χ1n) is 8.87. The molecule has 1 N–H and O–H groups in total. The lowest BCUT2D eigenvalue weighted by molar-refractivity contribution is 0.0961. The quantitative estimate of drug-likeness (QED) is 0.702. The summed E-state index contributed by atoms with van der Waals surface area (Å²) in [6.07, 6.45) is 3.31. The van der Waals surface area contributed by atoms with Crippen molar-refractivity contribution in [1.82, 2.24) is 15.3 Å². The third kappa shape index (κ3) is 3.51. The molecule has 3 aromatic rings. The second kappa shape index (κ2) is 7.91. The largest absolute Gasteiger partial charge is 0.378 e. The lowest BCUT2D eigenvalue weighted by atomic mass is 10.0. The third-order valence-corrected chi connectivity index (χ3v) is 5.13. The Hall–Kier alpha value is -2.41. The first-order valence-corrected chi connectivity index (χ1v) is 9.63. The maximum absolute atomic E-state index is 12.5. The van der Waals surface area contributed by atoms with Crippen LogP contribution in [0.3, 0.4) is 0 Å². The van der Waals surface area contributed by atoms with Gasteiger partial charge in [-0.15, -0.1) is 0 Å². The topological polar surface area (TPSA) is 67.4 Å². The number of fused-ring (bicyclic) bond motifs is 1. The highest BCUT2D eigenvalue weighted by Gasteiger charge is 2.23. The molecule has 8 heteroatoms. The van der Waals surface area contributed by atoms with E-state index in [4.69, 9.17) is 27.9 Å². The van der Waals surface area contributed by atoms with Crippen LogP contribution in [0.25, 0.3) is 22.2 Å². The summed E-state index contributed by atoms with van der Waals surface area (Å²) in [5.74, 6) is -0.181. The monoisotopic (exact) mass is 416 g/mol. The van der Waals surface area contributed by atoms with Gasteiger partial charge in [-0.1, -0.05) is 23.2 Å². The molecule has 1 aliphatic rings. The van der Waals surface area contributed by atoms with Crippen LogP contribution in [0.5, 0.6) is 0 Å². The van der Waals surface area contributed by atoms with Gasteiger partial charge < -0.3 is 15.0 Å². The fourth-order valence-electron chi connectivity index (χ4n) is 3.44. The Balaban J connectivity index is 1.97. The van der Waals surface area contributed by atoms with E-state index in [0.717, 1.165) is 16.6 Å². The lowest BCUT2D eigenvalue weighted by Gasteiger charge is -2.31. The summed E-state index contributed by atoms with van der Waals surface area (Å²) in [6.45, 7) is 2.62. The molecule has 0 atom stereocenters. The highest BCUT2D eigenvalue weighted by atomic mass is 35.5. The van der Waals surface area contributed by atoms with E-state index >= 15 is 0 Å². The van der Waals surface area contributed by atoms with Crippen LogP contribution in [0.15, 0.2) is 36.7 Å². The van der Waals surface area contributed by atoms with E-state index in [2.05, 4.69) is 20.2 Å². The molecule has 0 spiro atoms. The Kier molecular flexibility index (Phi) is 5.35. The first-order chi connectivity index (χ1) is 13.6. The average molecular weight is 417 g/mol. The number of carbonyl (C=O) groups excluding carboxylic acids is 1. The number of amides is 1. The molecule has 0 bridgehead atoms. The Morgan fingerprint density at radius 1 is 1.14 bits per heavy atom. The van der Waals surface area contributed by atoms with Gasteiger partial charge in [0.05, 0.1) is 35.7 Å². The van der Waals surface area contributed by atoms with Gasteiger partial charge in [0.1, 0.15) is 0 Å². The predicted molar refractivity (Wildman–Crippen MR) is 111 cm³/mol.